The molecule has 21 heavy (non-hydrogen) atoms. The van der Waals surface area contributed by atoms with Crippen molar-refractivity contribution >= 4 is 6.03 Å². The van der Waals surface area contributed by atoms with E-state index in [0.29, 0.717) is 25.0 Å². The van der Waals surface area contributed by atoms with Gasteiger partial charge in [0.2, 0.25) is 0 Å². The largest absolute Gasteiger partial charge is 0.393 e. The lowest BCUT2D eigenvalue weighted by atomic mass is 9.46. The van der Waals surface area contributed by atoms with Gasteiger partial charge >= 0.3 is 6.03 Å². The third-order valence-electron chi connectivity index (χ3n) is 5.82. The zero-order chi connectivity index (χ0) is 15.0. The summed E-state index contributed by atoms with van der Waals surface area (Å²) in [6.45, 7) is 5.34. The van der Waals surface area contributed by atoms with Gasteiger partial charge in [-0.2, -0.15) is 0 Å². The van der Waals surface area contributed by atoms with Crippen LogP contribution in [0.3, 0.4) is 0 Å². The zero-order valence-electron chi connectivity index (χ0n) is 13.1. The summed E-state index contributed by atoms with van der Waals surface area (Å²) in [7, 11) is 0. The Kier molecular flexibility index (Phi) is 4.14. The van der Waals surface area contributed by atoms with Gasteiger partial charge in [0.1, 0.15) is 0 Å². The molecule has 2 aliphatic carbocycles. The standard InChI is InChI=1S/C16H28N2O3/c1-10(2)12(19)4-8-17-15(20)18-13-11-5-9-21-14(11)16(13)6-3-7-16/h10-14,19H,3-9H2,1-2H3,(H2,17,18,20). The Morgan fingerprint density at radius 1 is 1.43 bits per heavy atom. The second kappa shape index (κ2) is 5.76. The maximum absolute atomic E-state index is 12.1. The van der Waals surface area contributed by atoms with Crippen LogP contribution in [0.4, 0.5) is 4.79 Å². The summed E-state index contributed by atoms with van der Waals surface area (Å²) in [5.41, 5.74) is 0.232. The predicted octanol–water partition coefficient (Wildman–Crippen LogP) is 1.65. The topological polar surface area (TPSA) is 70.6 Å². The summed E-state index contributed by atoms with van der Waals surface area (Å²) in [5, 5.41) is 15.8. The molecule has 0 aromatic rings. The third-order valence-corrected chi connectivity index (χ3v) is 5.82. The van der Waals surface area contributed by atoms with Crippen LogP contribution < -0.4 is 10.6 Å². The van der Waals surface area contributed by atoms with Gasteiger partial charge in [0.25, 0.3) is 0 Å². The number of nitrogens with one attached hydrogen (secondary N) is 2. The van der Waals surface area contributed by atoms with Gasteiger partial charge in [0.05, 0.1) is 12.2 Å². The maximum Gasteiger partial charge on any atom is 0.315 e. The van der Waals surface area contributed by atoms with Crippen LogP contribution in [-0.2, 0) is 4.74 Å². The van der Waals surface area contributed by atoms with Crippen molar-refractivity contribution in [1.82, 2.24) is 10.6 Å². The third kappa shape index (κ3) is 2.55. The number of hydrogen-bond donors (Lipinski definition) is 3. The molecule has 1 spiro atoms. The monoisotopic (exact) mass is 296 g/mol. The molecule has 0 bridgehead atoms. The van der Waals surface area contributed by atoms with E-state index in [9.17, 15) is 9.90 Å². The number of aliphatic hydroxyl groups excluding tert-OH is 1. The van der Waals surface area contributed by atoms with E-state index in [-0.39, 0.29) is 29.5 Å². The molecule has 4 unspecified atom stereocenters. The minimum Gasteiger partial charge on any atom is -0.393 e. The number of amides is 2. The number of carbonyl (C=O) groups is 1. The Bertz CT molecular complexity index is 395. The van der Waals surface area contributed by atoms with Crippen molar-refractivity contribution in [1.29, 1.82) is 0 Å². The van der Waals surface area contributed by atoms with Crippen LogP contribution in [0.2, 0.25) is 0 Å². The van der Waals surface area contributed by atoms with Gasteiger partial charge < -0.3 is 20.5 Å². The summed E-state index contributed by atoms with van der Waals surface area (Å²) in [6.07, 6.45) is 5.35. The molecule has 1 heterocycles. The van der Waals surface area contributed by atoms with Crippen LogP contribution in [0.25, 0.3) is 0 Å². The lowest BCUT2D eigenvalue weighted by Crippen LogP contribution is -2.72. The van der Waals surface area contributed by atoms with Crippen molar-refractivity contribution in [3.05, 3.63) is 0 Å². The molecule has 5 nitrogen and oxygen atoms in total. The first kappa shape index (κ1) is 15.1. The molecule has 0 aromatic carbocycles. The average Bonchev–Trinajstić information content (AvgIpc) is 2.79. The molecule has 0 radical (unpaired) electrons. The van der Waals surface area contributed by atoms with Gasteiger partial charge in [-0.05, 0) is 31.6 Å². The molecule has 3 aliphatic rings. The number of carbonyl (C=O) groups excluding carboxylic acids is 1. The summed E-state index contributed by atoms with van der Waals surface area (Å²) in [6, 6.07) is 0.196. The van der Waals surface area contributed by atoms with Crippen LogP contribution in [0.15, 0.2) is 0 Å². The minimum atomic E-state index is -0.348. The maximum atomic E-state index is 12.1. The summed E-state index contributed by atoms with van der Waals surface area (Å²) in [4.78, 5) is 12.1. The molecule has 5 heteroatoms. The van der Waals surface area contributed by atoms with Gasteiger partial charge in [-0.25, -0.2) is 4.79 Å². The second-order valence-corrected chi connectivity index (χ2v) is 7.31. The van der Waals surface area contributed by atoms with E-state index in [4.69, 9.17) is 4.74 Å². The lowest BCUT2D eigenvalue weighted by molar-refractivity contribution is -0.172. The van der Waals surface area contributed by atoms with Gasteiger partial charge in [0.15, 0.2) is 0 Å². The summed E-state index contributed by atoms with van der Waals surface area (Å²) in [5.74, 6) is 0.744. The molecule has 1 saturated heterocycles. The first-order valence-corrected chi connectivity index (χ1v) is 8.38. The molecule has 120 valence electrons. The van der Waals surface area contributed by atoms with Crippen molar-refractivity contribution in [2.24, 2.45) is 17.3 Å². The van der Waals surface area contributed by atoms with E-state index in [1.54, 1.807) is 0 Å². The van der Waals surface area contributed by atoms with Gasteiger partial charge in [-0.1, -0.05) is 20.3 Å². The van der Waals surface area contributed by atoms with E-state index < -0.39 is 0 Å². The molecule has 3 N–H and O–H groups in total. The van der Waals surface area contributed by atoms with Gasteiger partial charge in [0, 0.05) is 30.5 Å². The Morgan fingerprint density at radius 2 is 2.19 bits per heavy atom. The van der Waals surface area contributed by atoms with Crippen LogP contribution in [0.1, 0.15) is 46.0 Å². The number of hydrogen-bond acceptors (Lipinski definition) is 3. The van der Waals surface area contributed by atoms with Crippen molar-refractivity contribution in [3.8, 4) is 0 Å². The number of urea groups is 1. The Balaban J connectivity index is 1.45. The number of rotatable bonds is 5. The van der Waals surface area contributed by atoms with E-state index in [0.717, 1.165) is 13.0 Å². The Hall–Kier alpha value is -0.810. The predicted molar refractivity (Wildman–Crippen MR) is 79.9 cm³/mol. The van der Waals surface area contributed by atoms with E-state index >= 15 is 0 Å². The van der Waals surface area contributed by atoms with Crippen molar-refractivity contribution < 1.29 is 14.6 Å². The number of fused-ring (bicyclic) bond motifs is 2. The molecule has 0 aromatic heterocycles. The van der Waals surface area contributed by atoms with E-state index in [1.165, 1.54) is 19.3 Å². The summed E-state index contributed by atoms with van der Waals surface area (Å²) < 4.78 is 5.86. The highest BCUT2D eigenvalue weighted by Gasteiger charge is 2.66. The van der Waals surface area contributed by atoms with Crippen LogP contribution in [-0.4, -0.2) is 42.5 Å². The Labute approximate surface area is 126 Å². The van der Waals surface area contributed by atoms with Crippen molar-refractivity contribution in [2.45, 2.75) is 64.2 Å². The SMILES string of the molecule is CC(C)C(O)CCNC(=O)NC1C2CCOC2C12CCC2. The fourth-order valence-electron chi connectivity index (χ4n) is 4.32. The van der Waals surface area contributed by atoms with Gasteiger partial charge in [-0.3, -0.25) is 0 Å². The van der Waals surface area contributed by atoms with Gasteiger partial charge in [-0.15, -0.1) is 0 Å². The zero-order valence-corrected chi connectivity index (χ0v) is 13.1. The molecular formula is C16H28N2O3. The molecule has 1 aliphatic heterocycles. The highest BCUT2D eigenvalue weighted by molar-refractivity contribution is 5.74. The number of aliphatic hydroxyl groups is 1. The summed E-state index contributed by atoms with van der Waals surface area (Å²) >= 11 is 0. The molecular weight excluding hydrogens is 268 g/mol. The lowest BCUT2D eigenvalue weighted by Gasteiger charge is -2.63. The highest BCUT2D eigenvalue weighted by atomic mass is 16.5. The highest BCUT2D eigenvalue weighted by Crippen LogP contribution is 2.62. The average molecular weight is 296 g/mol. The van der Waals surface area contributed by atoms with E-state index in [1.807, 2.05) is 13.8 Å². The molecule has 2 saturated carbocycles. The molecule has 3 rings (SSSR count). The quantitative estimate of drug-likeness (QED) is 0.722. The molecule has 2 amide bonds. The van der Waals surface area contributed by atoms with Crippen molar-refractivity contribution in [3.63, 3.8) is 0 Å². The van der Waals surface area contributed by atoms with Crippen LogP contribution in [0, 0.1) is 17.3 Å². The first-order chi connectivity index (χ1) is 10.0. The molecule has 3 fully saturated rings. The second-order valence-electron chi connectivity index (χ2n) is 7.31. The van der Waals surface area contributed by atoms with Crippen molar-refractivity contribution in [2.75, 3.05) is 13.2 Å². The normalized spacial score (nSPS) is 34.0. The fourth-order valence-corrected chi connectivity index (χ4v) is 4.32. The molecule has 4 atom stereocenters. The minimum absolute atomic E-state index is 0.0902. The van der Waals surface area contributed by atoms with Crippen LogP contribution >= 0.6 is 0 Å². The Morgan fingerprint density at radius 3 is 2.81 bits per heavy atom. The smallest absolute Gasteiger partial charge is 0.315 e. The fraction of sp³-hybridized carbons (Fsp3) is 0.938. The first-order valence-electron chi connectivity index (χ1n) is 8.38. The van der Waals surface area contributed by atoms with Crippen LogP contribution in [0.5, 0.6) is 0 Å². The number of ether oxygens (including phenoxy) is 1. The van der Waals surface area contributed by atoms with E-state index in [2.05, 4.69) is 10.6 Å².